The van der Waals surface area contributed by atoms with Crippen molar-refractivity contribution in [1.29, 1.82) is 0 Å². The standard InChI is InChI=1S/C23H14N2O2/c26-23-19-12-15-6-2-1-3-9-18(15)21(19)20(16-7-4-10-24-13-16)22(27-23)17-8-5-11-25-14-17/h1-14H. The highest BCUT2D eigenvalue weighted by atomic mass is 16.4. The zero-order chi connectivity index (χ0) is 18.2. The van der Waals surface area contributed by atoms with E-state index < -0.39 is 0 Å². The van der Waals surface area contributed by atoms with Crippen LogP contribution in [0.25, 0.3) is 44.3 Å². The molecule has 0 bridgehead atoms. The van der Waals surface area contributed by atoms with Crippen molar-refractivity contribution >= 4 is 10.8 Å². The molecule has 0 N–H and O–H groups in total. The third-order valence-corrected chi connectivity index (χ3v) is 4.68. The molecule has 4 nitrogen and oxygen atoms in total. The highest BCUT2D eigenvalue weighted by Crippen LogP contribution is 2.42. The molecule has 2 aliphatic carbocycles. The van der Waals surface area contributed by atoms with Gasteiger partial charge in [-0.15, -0.1) is 0 Å². The first-order valence-corrected chi connectivity index (χ1v) is 8.62. The van der Waals surface area contributed by atoms with Crippen molar-refractivity contribution in [3.63, 3.8) is 0 Å². The molecule has 0 spiro atoms. The molecule has 5 rings (SSSR count). The maximum Gasteiger partial charge on any atom is 0.344 e. The van der Waals surface area contributed by atoms with Gasteiger partial charge in [0.25, 0.3) is 0 Å². The summed E-state index contributed by atoms with van der Waals surface area (Å²) in [5.41, 5.74) is 4.15. The Morgan fingerprint density at radius 3 is 2.19 bits per heavy atom. The van der Waals surface area contributed by atoms with Crippen LogP contribution < -0.4 is 5.63 Å². The van der Waals surface area contributed by atoms with Crippen LogP contribution in [0.5, 0.6) is 0 Å². The molecule has 2 aliphatic rings. The Bertz CT molecular complexity index is 1280. The number of hydrogen-bond acceptors (Lipinski definition) is 4. The lowest BCUT2D eigenvalue weighted by Crippen LogP contribution is -2.01. The molecule has 0 saturated carbocycles. The Balaban J connectivity index is 2.00. The van der Waals surface area contributed by atoms with E-state index in [1.807, 2.05) is 60.7 Å². The van der Waals surface area contributed by atoms with E-state index in [0.29, 0.717) is 11.1 Å². The molecule has 0 amide bonds. The van der Waals surface area contributed by atoms with Gasteiger partial charge in [0.15, 0.2) is 0 Å². The van der Waals surface area contributed by atoms with Gasteiger partial charge in [0.1, 0.15) is 5.76 Å². The fourth-order valence-corrected chi connectivity index (χ4v) is 3.52. The van der Waals surface area contributed by atoms with E-state index in [-0.39, 0.29) is 5.63 Å². The van der Waals surface area contributed by atoms with Crippen LogP contribution >= 0.6 is 0 Å². The average Bonchev–Trinajstić information content (AvgIpc) is 2.92. The Morgan fingerprint density at radius 2 is 1.44 bits per heavy atom. The summed E-state index contributed by atoms with van der Waals surface area (Å²) in [6, 6.07) is 19.4. The number of hydrogen-bond donors (Lipinski definition) is 0. The topological polar surface area (TPSA) is 56.0 Å². The zero-order valence-electron chi connectivity index (χ0n) is 14.3. The second kappa shape index (κ2) is 6.18. The third kappa shape index (κ3) is 2.50. The summed E-state index contributed by atoms with van der Waals surface area (Å²) in [6.07, 6.45) is 6.92. The van der Waals surface area contributed by atoms with Crippen LogP contribution in [0.1, 0.15) is 0 Å². The van der Waals surface area contributed by atoms with Gasteiger partial charge < -0.3 is 4.42 Å². The molecule has 0 aromatic carbocycles. The van der Waals surface area contributed by atoms with Gasteiger partial charge in [-0.2, -0.15) is 0 Å². The average molecular weight is 350 g/mol. The maximum atomic E-state index is 12.8. The van der Waals surface area contributed by atoms with Crippen molar-refractivity contribution in [2.75, 3.05) is 0 Å². The van der Waals surface area contributed by atoms with Gasteiger partial charge in [0.05, 0.1) is 5.39 Å². The van der Waals surface area contributed by atoms with Crippen LogP contribution in [-0.2, 0) is 0 Å². The van der Waals surface area contributed by atoms with E-state index in [4.69, 9.17) is 4.42 Å². The second-order valence-electron chi connectivity index (χ2n) is 6.29. The third-order valence-electron chi connectivity index (χ3n) is 4.68. The van der Waals surface area contributed by atoms with Gasteiger partial charge in [-0.25, -0.2) is 4.79 Å². The molecule has 0 saturated heterocycles. The highest BCUT2D eigenvalue weighted by Gasteiger charge is 2.22. The Kier molecular flexibility index (Phi) is 3.54. The molecule has 128 valence electrons. The van der Waals surface area contributed by atoms with Crippen LogP contribution in [0.2, 0.25) is 0 Å². The lowest BCUT2D eigenvalue weighted by atomic mass is 9.96. The molecule has 3 heterocycles. The van der Waals surface area contributed by atoms with E-state index in [0.717, 1.165) is 33.2 Å². The number of rotatable bonds is 2. The SMILES string of the molecule is O=c1oc(-c2cccnc2)c(-c2cccnc2)c2c3cccccc-3cc12. The van der Waals surface area contributed by atoms with Crippen LogP contribution in [0.15, 0.2) is 94.7 Å². The van der Waals surface area contributed by atoms with Gasteiger partial charge in [-0.05, 0) is 35.4 Å². The van der Waals surface area contributed by atoms with Gasteiger partial charge in [-0.1, -0.05) is 36.4 Å². The van der Waals surface area contributed by atoms with Gasteiger partial charge in [0, 0.05) is 46.9 Å². The summed E-state index contributed by atoms with van der Waals surface area (Å²) in [6.45, 7) is 0. The van der Waals surface area contributed by atoms with E-state index in [1.54, 1.807) is 24.8 Å². The van der Waals surface area contributed by atoms with Crippen LogP contribution in [0.4, 0.5) is 0 Å². The number of pyridine rings is 2. The molecular formula is C23H14N2O2. The maximum absolute atomic E-state index is 12.8. The molecule has 3 aromatic heterocycles. The number of aromatic nitrogens is 2. The van der Waals surface area contributed by atoms with Crippen molar-refractivity contribution in [3.8, 4) is 33.6 Å². The van der Waals surface area contributed by atoms with Crippen molar-refractivity contribution in [3.05, 3.63) is 95.9 Å². The minimum atomic E-state index is -0.352. The fraction of sp³-hybridized carbons (Fsp3) is 0. The summed E-state index contributed by atoms with van der Waals surface area (Å²) < 4.78 is 5.79. The molecule has 0 atom stereocenters. The predicted octanol–water partition coefficient (Wildman–Crippen LogP) is 5.02. The molecule has 3 aromatic rings. The first kappa shape index (κ1) is 15.5. The minimum Gasteiger partial charge on any atom is -0.422 e. The van der Waals surface area contributed by atoms with Crippen LogP contribution in [0.3, 0.4) is 0 Å². The Labute approximate surface area is 155 Å². The fourth-order valence-electron chi connectivity index (χ4n) is 3.52. The van der Waals surface area contributed by atoms with Crippen molar-refractivity contribution in [2.45, 2.75) is 0 Å². The second-order valence-corrected chi connectivity index (χ2v) is 6.29. The monoisotopic (exact) mass is 350 g/mol. The molecular weight excluding hydrogens is 336 g/mol. The van der Waals surface area contributed by atoms with Crippen molar-refractivity contribution in [1.82, 2.24) is 9.97 Å². The predicted molar refractivity (Wildman–Crippen MR) is 106 cm³/mol. The first-order valence-electron chi connectivity index (χ1n) is 8.62. The largest absolute Gasteiger partial charge is 0.422 e. The molecule has 0 unspecified atom stereocenters. The smallest absolute Gasteiger partial charge is 0.344 e. The molecule has 0 fully saturated rings. The number of fused-ring (bicyclic) bond motifs is 3. The summed E-state index contributed by atoms with van der Waals surface area (Å²) in [7, 11) is 0. The number of nitrogens with zero attached hydrogens (tertiary/aromatic N) is 2. The van der Waals surface area contributed by atoms with Crippen molar-refractivity contribution in [2.24, 2.45) is 0 Å². The highest BCUT2D eigenvalue weighted by molar-refractivity contribution is 6.12. The summed E-state index contributed by atoms with van der Waals surface area (Å²) in [5, 5.41) is 1.45. The normalized spacial score (nSPS) is 11.1. The lowest BCUT2D eigenvalue weighted by molar-refractivity contribution is 0.536. The van der Waals surface area contributed by atoms with E-state index >= 15 is 0 Å². The van der Waals surface area contributed by atoms with Gasteiger partial charge in [-0.3, -0.25) is 9.97 Å². The zero-order valence-corrected chi connectivity index (χ0v) is 14.3. The van der Waals surface area contributed by atoms with Gasteiger partial charge in [0.2, 0.25) is 0 Å². The van der Waals surface area contributed by atoms with E-state index in [1.165, 1.54) is 0 Å². The summed E-state index contributed by atoms with van der Waals surface area (Å²) >= 11 is 0. The molecule has 0 aliphatic heterocycles. The minimum absolute atomic E-state index is 0.352. The Morgan fingerprint density at radius 1 is 0.741 bits per heavy atom. The summed E-state index contributed by atoms with van der Waals surface area (Å²) in [5.74, 6) is 0.507. The van der Waals surface area contributed by atoms with Crippen LogP contribution in [-0.4, -0.2) is 9.97 Å². The molecule has 0 radical (unpaired) electrons. The molecule has 4 heteroatoms. The first-order chi connectivity index (χ1) is 13.3. The quantitative estimate of drug-likeness (QED) is 0.448. The van der Waals surface area contributed by atoms with Crippen LogP contribution in [0, 0.1) is 0 Å². The van der Waals surface area contributed by atoms with Gasteiger partial charge >= 0.3 is 5.63 Å². The lowest BCUT2D eigenvalue weighted by Gasteiger charge is -2.11. The van der Waals surface area contributed by atoms with Crippen molar-refractivity contribution < 1.29 is 4.42 Å². The molecule has 27 heavy (non-hydrogen) atoms. The summed E-state index contributed by atoms with van der Waals surface area (Å²) in [4.78, 5) is 21.3. The Hall–Kier alpha value is -3.79. The van der Waals surface area contributed by atoms with E-state index in [2.05, 4.69) is 9.97 Å². The van der Waals surface area contributed by atoms with E-state index in [9.17, 15) is 4.79 Å².